The zero-order valence-electron chi connectivity index (χ0n) is 17.6. The summed E-state index contributed by atoms with van der Waals surface area (Å²) in [5.74, 6) is -2.01. The van der Waals surface area contributed by atoms with Crippen molar-refractivity contribution in [1.82, 2.24) is 4.90 Å². The molecule has 0 spiro atoms. The predicted octanol–water partition coefficient (Wildman–Crippen LogP) is 4.00. The Morgan fingerprint density at radius 2 is 1.83 bits per heavy atom. The van der Waals surface area contributed by atoms with Crippen molar-refractivity contribution < 1.29 is 19.2 Å². The van der Waals surface area contributed by atoms with E-state index in [1.165, 1.54) is 24.0 Å². The van der Waals surface area contributed by atoms with Crippen molar-refractivity contribution in [2.24, 2.45) is 17.3 Å². The molecule has 1 aliphatic rings. The minimum atomic E-state index is -1.59. The molecule has 0 aromatic heterocycles. The van der Waals surface area contributed by atoms with E-state index in [1.54, 1.807) is 43.3 Å². The molecule has 1 aromatic carbocycles. The van der Waals surface area contributed by atoms with Gasteiger partial charge in [0.1, 0.15) is 5.41 Å². The van der Waals surface area contributed by atoms with Crippen LogP contribution in [0, 0.1) is 17.3 Å². The highest BCUT2D eigenvalue weighted by Gasteiger charge is 2.61. The Morgan fingerprint density at radius 1 is 1.21 bits per heavy atom. The van der Waals surface area contributed by atoms with Gasteiger partial charge in [-0.1, -0.05) is 51.1 Å². The second-order valence-corrected chi connectivity index (χ2v) is 7.89. The average molecular weight is 395 g/mol. The van der Waals surface area contributed by atoms with Crippen LogP contribution in [0.25, 0.3) is 0 Å². The molecule has 3 atom stereocenters. The van der Waals surface area contributed by atoms with E-state index in [0.29, 0.717) is 12.0 Å². The normalized spacial score (nSPS) is 24.3. The SMILES string of the molecule is C=C[C@H]1[C@H](CC(C)C)N(C(=O)c2ccccc2)C(=O)[C@]1(C=CC(C)=O)C(=O)CC. The molecule has 1 saturated heterocycles. The van der Waals surface area contributed by atoms with Crippen LogP contribution in [-0.2, 0) is 14.4 Å². The molecule has 2 rings (SSSR count). The molecule has 5 nitrogen and oxygen atoms in total. The minimum absolute atomic E-state index is 0.111. The van der Waals surface area contributed by atoms with E-state index >= 15 is 0 Å². The number of hydrogen-bond donors (Lipinski definition) is 0. The number of rotatable bonds is 8. The summed E-state index contributed by atoms with van der Waals surface area (Å²) < 4.78 is 0. The Balaban J connectivity index is 2.70. The first-order chi connectivity index (χ1) is 13.7. The highest BCUT2D eigenvalue weighted by Crippen LogP contribution is 2.47. The number of benzene rings is 1. The topological polar surface area (TPSA) is 71.5 Å². The largest absolute Gasteiger partial charge is 0.298 e. The van der Waals surface area contributed by atoms with Crippen molar-refractivity contribution in [2.75, 3.05) is 0 Å². The van der Waals surface area contributed by atoms with Crippen LogP contribution in [0.1, 0.15) is 50.9 Å². The molecule has 0 N–H and O–H groups in total. The van der Waals surface area contributed by atoms with E-state index in [4.69, 9.17) is 0 Å². The van der Waals surface area contributed by atoms with E-state index in [9.17, 15) is 19.2 Å². The summed E-state index contributed by atoms with van der Waals surface area (Å²) in [4.78, 5) is 53.0. The molecule has 1 aromatic rings. The first-order valence-electron chi connectivity index (χ1n) is 9.99. The van der Waals surface area contributed by atoms with Crippen molar-refractivity contribution in [3.05, 3.63) is 60.7 Å². The molecule has 1 heterocycles. The van der Waals surface area contributed by atoms with Gasteiger partial charge in [0.25, 0.3) is 5.91 Å². The maximum atomic E-state index is 13.7. The number of hydrogen-bond acceptors (Lipinski definition) is 4. The quantitative estimate of drug-likeness (QED) is 0.289. The van der Waals surface area contributed by atoms with Gasteiger partial charge < -0.3 is 0 Å². The summed E-state index contributed by atoms with van der Waals surface area (Å²) in [5, 5.41) is 0. The third-order valence-electron chi connectivity index (χ3n) is 5.41. The fourth-order valence-electron chi connectivity index (χ4n) is 4.12. The summed E-state index contributed by atoms with van der Waals surface area (Å²) in [6.45, 7) is 10.9. The lowest BCUT2D eigenvalue weighted by molar-refractivity contribution is -0.140. The van der Waals surface area contributed by atoms with Crippen LogP contribution in [0.4, 0.5) is 0 Å². The van der Waals surface area contributed by atoms with Crippen molar-refractivity contribution in [3.8, 4) is 0 Å². The molecule has 29 heavy (non-hydrogen) atoms. The maximum absolute atomic E-state index is 13.7. The van der Waals surface area contributed by atoms with Gasteiger partial charge in [-0.3, -0.25) is 24.1 Å². The molecule has 154 valence electrons. The molecule has 0 saturated carbocycles. The number of nitrogens with zero attached hydrogens (tertiary/aromatic N) is 1. The van der Waals surface area contributed by atoms with Crippen LogP contribution >= 0.6 is 0 Å². The highest BCUT2D eigenvalue weighted by molar-refractivity contribution is 6.18. The van der Waals surface area contributed by atoms with Gasteiger partial charge >= 0.3 is 0 Å². The number of Topliss-reactive ketones (excluding diaryl/α,β-unsaturated/α-hetero) is 1. The monoisotopic (exact) mass is 395 g/mol. The van der Waals surface area contributed by atoms with Gasteiger partial charge in [0.15, 0.2) is 11.6 Å². The number of imide groups is 1. The van der Waals surface area contributed by atoms with E-state index in [-0.39, 0.29) is 23.9 Å². The molecule has 2 amide bonds. The van der Waals surface area contributed by atoms with Gasteiger partial charge in [-0.25, -0.2) is 0 Å². The van der Waals surface area contributed by atoms with Crippen molar-refractivity contribution in [2.45, 2.75) is 46.6 Å². The van der Waals surface area contributed by atoms with Gasteiger partial charge in [-0.2, -0.15) is 0 Å². The lowest BCUT2D eigenvalue weighted by Gasteiger charge is -2.29. The zero-order valence-corrected chi connectivity index (χ0v) is 17.6. The van der Waals surface area contributed by atoms with Gasteiger partial charge in [0.05, 0.1) is 0 Å². The summed E-state index contributed by atoms with van der Waals surface area (Å²) >= 11 is 0. The van der Waals surface area contributed by atoms with E-state index in [2.05, 4.69) is 6.58 Å². The molecular weight excluding hydrogens is 366 g/mol. The Hall–Kier alpha value is -2.82. The minimum Gasteiger partial charge on any atom is -0.298 e. The van der Waals surface area contributed by atoms with E-state index in [1.807, 2.05) is 13.8 Å². The molecule has 5 heteroatoms. The smallest absolute Gasteiger partial charge is 0.260 e. The lowest BCUT2D eigenvalue weighted by atomic mass is 9.69. The van der Waals surface area contributed by atoms with Crippen molar-refractivity contribution >= 4 is 23.4 Å². The molecule has 0 bridgehead atoms. The van der Waals surface area contributed by atoms with Gasteiger partial charge in [-0.05, 0) is 37.5 Å². The number of amides is 2. The highest BCUT2D eigenvalue weighted by atomic mass is 16.2. The summed E-state index contributed by atoms with van der Waals surface area (Å²) in [5.41, 5.74) is -1.21. The van der Waals surface area contributed by atoms with Gasteiger partial charge in [-0.15, -0.1) is 6.58 Å². The van der Waals surface area contributed by atoms with Crippen LogP contribution in [0.5, 0.6) is 0 Å². The average Bonchev–Trinajstić information content (AvgIpc) is 2.93. The Bertz CT molecular complexity index is 840. The molecule has 0 radical (unpaired) electrons. The van der Waals surface area contributed by atoms with Crippen LogP contribution < -0.4 is 0 Å². The van der Waals surface area contributed by atoms with Gasteiger partial charge in [0, 0.05) is 23.9 Å². The van der Waals surface area contributed by atoms with E-state index in [0.717, 1.165) is 0 Å². The fraction of sp³-hybridized carbons (Fsp3) is 0.417. The second kappa shape index (κ2) is 9.12. The first kappa shape index (κ1) is 22.5. The van der Waals surface area contributed by atoms with Crippen molar-refractivity contribution in [3.63, 3.8) is 0 Å². The summed E-state index contributed by atoms with van der Waals surface area (Å²) in [6.07, 6.45) is 4.88. The number of carbonyl (C=O) groups excluding carboxylic acids is 4. The molecule has 0 unspecified atom stereocenters. The number of carbonyl (C=O) groups is 4. The Labute approximate surface area is 172 Å². The number of likely N-dealkylation sites (tertiary alicyclic amines) is 1. The summed E-state index contributed by atoms with van der Waals surface area (Å²) in [7, 11) is 0. The molecule has 1 aliphatic heterocycles. The fourth-order valence-corrected chi connectivity index (χ4v) is 4.12. The standard InChI is InChI=1S/C24H29NO4/c1-6-19-20(15-16(3)4)25(22(28)18-11-9-8-10-12-18)23(29)24(19,21(27)7-2)14-13-17(5)26/h6,8-14,16,19-20H,1,7,15H2,2-5H3/t19-,20-,24-/m0/s1. The Kier molecular flexibility index (Phi) is 7.07. The predicted molar refractivity (Wildman–Crippen MR) is 112 cm³/mol. The third-order valence-corrected chi connectivity index (χ3v) is 5.41. The van der Waals surface area contributed by atoms with Gasteiger partial charge in [0.2, 0.25) is 5.91 Å². The molecule has 1 fully saturated rings. The molecule has 0 aliphatic carbocycles. The number of allylic oxidation sites excluding steroid dienone is 1. The van der Waals surface area contributed by atoms with Crippen LogP contribution in [-0.4, -0.2) is 34.3 Å². The second-order valence-electron chi connectivity index (χ2n) is 7.89. The van der Waals surface area contributed by atoms with Crippen LogP contribution in [0.2, 0.25) is 0 Å². The van der Waals surface area contributed by atoms with E-state index < -0.39 is 29.2 Å². The summed E-state index contributed by atoms with van der Waals surface area (Å²) in [6, 6.07) is 8.05. The van der Waals surface area contributed by atoms with Crippen molar-refractivity contribution in [1.29, 1.82) is 0 Å². The maximum Gasteiger partial charge on any atom is 0.260 e. The zero-order chi connectivity index (χ0) is 21.8. The number of ketones is 2. The lowest BCUT2D eigenvalue weighted by Crippen LogP contribution is -2.44. The molecular formula is C24H29NO4. The van der Waals surface area contributed by atoms with Crippen LogP contribution in [0.3, 0.4) is 0 Å². The third kappa shape index (κ3) is 4.14. The van der Waals surface area contributed by atoms with Crippen LogP contribution in [0.15, 0.2) is 55.1 Å². The first-order valence-corrected chi connectivity index (χ1v) is 9.99. The Morgan fingerprint density at radius 3 is 2.31 bits per heavy atom.